The molecule has 0 radical (unpaired) electrons. The highest BCUT2D eigenvalue weighted by Gasteiger charge is 2.16. The van der Waals surface area contributed by atoms with Crippen molar-refractivity contribution in [3.8, 4) is 0 Å². The predicted molar refractivity (Wildman–Crippen MR) is 128 cm³/mol. The maximum absolute atomic E-state index is 12.8. The van der Waals surface area contributed by atoms with Crippen LogP contribution in [0, 0.1) is 3.57 Å². The Morgan fingerprint density at radius 3 is 2.20 bits per heavy atom. The van der Waals surface area contributed by atoms with Gasteiger partial charge in [-0.1, -0.05) is 48.5 Å². The molecule has 4 aromatic carbocycles. The molecule has 0 bridgehead atoms. The van der Waals surface area contributed by atoms with E-state index < -0.39 is 10.0 Å². The van der Waals surface area contributed by atoms with Crippen molar-refractivity contribution in [2.75, 3.05) is 10.0 Å². The van der Waals surface area contributed by atoms with E-state index in [4.69, 9.17) is 0 Å². The lowest BCUT2D eigenvalue weighted by Gasteiger charge is -2.12. The summed E-state index contributed by atoms with van der Waals surface area (Å²) in [5, 5.41) is 4.57. The minimum atomic E-state index is -3.77. The molecule has 150 valence electrons. The van der Waals surface area contributed by atoms with E-state index in [2.05, 4.69) is 32.6 Å². The average molecular weight is 528 g/mol. The molecule has 4 aromatic rings. The molecule has 0 aliphatic rings. The van der Waals surface area contributed by atoms with E-state index >= 15 is 0 Å². The van der Waals surface area contributed by atoms with Gasteiger partial charge in [-0.15, -0.1) is 0 Å². The van der Waals surface area contributed by atoms with Crippen molar-refractivity contribution in [1.29, 1.82) is 0 Å². The molecule has 1 amide bonds. The number of amides is 1. The maximum atomic E-state index is 12.8. The molecule has 0 fully saturated rings. The standard InChI is InChI=1S/C23H17IN2O3S/c24-21-10-4-3-9-20(21)23(27)25-17-12-14-18(15-13-17)30(28,29)26-22-11-5-7-16-6-1-2-8-19(16)22/h1-15,26H,(H,25,27). The summed E-state index contributed by atoms with van der Waals surface area (Å²) in [4.78, 5) is 12.5. The minimum Gasteiger partial charge on any atom is -0.322 e. The van der Waals surface area contributed by atoms with Crippen LogP contribution in [0.4, 0.5) is 11.4 Å². The fourth-order valence-corrected chi connectivity index (χ4v) is 4.79. The molecule has 2 N–H and O–H groups in total. The van der Waals surface area contributed by atoms with Crippen LogP contribution < -0.4 is 10.0 Å². The minimum absolute atomic E-state index is 0.114. The van der Waals surface area contributed by atoms with Crippen molar-refractivity contribution in [2.45, 2.75) is 4.90 Å². The van der Waals surface area contributed by atoms with Gasteiger partial charge in [-0.2, -0.15) is 0 Å². The Labute approximate surface area is 188 Å². The highest BCUT2D eigenvalue weighted by atomic mass is 127. The van der Waals surface area contributed by atoms with Gasteiger partial charge in [-0.25, -0.2) is 8.42 Å². The van der Waals surface area contributed by atoms with E-state index in [-0.39, 0.29) is 10.8 Å². The van der Waals surface area contributed by atoms with Gasteiger partial charge >= 0.3 is 0 Å². The van der Waals surface area contributed by atoms with E-state index in [9.17, 15) is 13.2 Å². The molecule has 0 aliphatic heterocycles. The van der Waals surface area contributed by atoms with Gasteiger partial charge < -0.3 is 5.32 Å². The van der Waals surface area contributed by atoms with E-state index in [1.165, 1.54) is 12.1 Å². The topological polar surface area (TPSA) is 75.3 Å². The van der Waals surface area contributed by atoms with Gasteiger partial charge in [0.1, 0.15) is 0 Å². The maximum Gasteiger partial charge on any atom is 0.261 e. The first-order valence-corrected chi connectivity index (χ1v) is 11.7. The molecule has 0 aliphatic carbocycles. The second-order valence-corrected chi connectivity index (χ2v) is 9.44. The summed E-state index contributed by atoms with van der Waals surface area (Å²) in [6.07, 6.45) is 0. The lowest BCUT2D eigenvalue weighted by Crippen LogP contribution is -2.15. The van der Waals surface area contributed by atoms with Crippen LogP contribution in [0.5, 0.6) is 0 Å². The van der Waals surface area contributed by atoms with Gasteiger partial charge in [-0.05, 0) is 70.4 Å². The molecule has 0 atom stereocenters. The zero-order chi connectivity index (χ0) is 21.1. The van der Waals surface area contributed by atoms with E-state index in [0.717, 1.165) is 14.3 Å². The van der Waals surface area contributed by atoms with E-state index in [1.807, 2.05) is 48.5 Å². The molecule has 0 saturated carbocycles. The normalized spacial score (nSPS) is 11.2. The number of hydrogen-bond acceptors (Lipinski definition) is 3. The Balaban J connectivity index is 1.54. The number of sulfonamides is 1. The molecule has 0 heterocycles. The molecule has 0 saturated heterocycles. The quantitative estimate of drug-likeness (QED) is 0.336. The molecule has 5 nitrogen and oxygen atoms in total. The second kappa shape index (κ2) is 8.45. The third kappa shape index (κ3) is 4.31. The molecule has 4 rings (SSSR count). The van der Waals surface area contributed by atoms with Crippen molar-refractivity contribution >= 4 is 60.7 Å². The Morgan fingerprint density at radius 1 is 0.767 bits per heavy atom. The number of benzene rings is 4. The van der Waals surface area contributed by atoms with Crippen molar-refractivity contribution < 1.29 is 13.2 Å². The summed E-state index contributed by atoms with van der Waals surface area (Å²) in [6.45, 7) is 0. The Bertz CT molecular complexity index is 1330. The predicted octanol–water partition coefficient (Wildman–Crippen LogP) is 5.50. The van der Waals surface area contributed by atoms with Crippen molar-refractivity contribution in [3.63, 3.8) is 0 Å². The zero-order valence-corrected chi connectivity index (χ0v) is 18.6. The molecule has 0 unspecified atom stereocenters. The highest BCUT2D eigenvalue weighted by Crippen LogP contribution is 2.26. The van der Waals surface area contributed by atoms with E-state index in [1.54, 1.807) is 30.3 Å². The number of carbonyl (C=O) groups is 1. The van der Waals surface area contributed by atoms with Crippen LogP contribution in [-0.4, -0.2) is 14.3 Å². The van der Waals surface area contributed by atoms with Gasteiger partial charge in [0, 0.05) is 14.6 Å². The number of nitrogens with one attached hydrogen (secondary N) is 2. The first-order valence-electron chi connectivity index (χ1n) is 9.10. The fourth-order valence-electron chi connectivity index (χ4n) is 3.08. The molecular weight excluding hydrogens is 511 g/mol. The summed E-state index contributed by atoms with van der Waals surface area (Å²) in [5.41, 5.74) is 1.60. The number of hydrogen-bond donors (Lipinski definition) is 2. The van der Waals surface area contributed by atoms with Crippen molar-refractivity contribution in [3.05, 3.63) is 100 Å². The third-order valence-corrected chi connectivity index (χ3v) is 6.90. The number of halogens is 1. The SMILES string of the molecule is O=C(Nc1ccc(S(=O)(=O)Nc2cccc3ccccc23)cc1)c1ccccc1I. The highest BCUT2D eigenvalue weighted by molar-refractivity contribution is 14.1. The van der Waals surface area contributed by atoms with Crippen LogP contribution in [0.25, 0.3) is 10.8 Å². The van der Waals surface area contributed by atoms with Crippen LogP contribution in [0.1, 0.15) is 10.4 Å². The first-order chi connectivity index (χ1) is 14.4. The van der Waals surface area contributed by atoms with Crippen LogP contribution in [0.2, 0.25) is 0 Å². The molecule has 30 heavy (non-hydrogen) atoms. The van der Waals surface area contributed by atoms with E-state index in [0.29, 0.717) is 16.9 Å². The van der Waals surface area contributed by atoms with Gasteiger partial charge in [0.2, 0.25) is 0 Å². The lowest BCUT2D eigenvalue weighted by molar-refractivity contribution is 0.102. The first kappa shape index (κ1) is 20.4. The summed E-state index contributed by atoms with van der Waals surface area (Å²) in [5.74, 6) is -0.246. The summed E-state index contributed by atoms with van der Waals surface area (Å²) in [7, 11) is -3.77. The summed E-state index contributed by atoms with van der Waals surface area (Å²) >= 11 is 2.10. The van der Waals surface area contributed by atoms with Crippen LogP contribution in [0.3, 0.4) is 0 Å². The zero-order valence-electron chi connectivity index (χ0n) is 15.7. The number of fused-ring (bicyclic) bond motifs is 1. The fraction of sp³-hybridized carbons (Fsp3) is 0. The number of anilines is 2. The van der Waals surface area contributed by atoms with Gasteiger partial charge in [-0.3, -0.25) is 9.52 Å². The smallest absolute Gasteiger partial charge is 0.261 e. The summed E-state index contributed by atoms with van der Waals surface area (Å²) < 4.78 is 29.2. The molecule has 0 spiro atoms. The van der Waals surface area contributed by atoms with Crippen LogP contribution in [0.15, 0.2) is 95.9 Å². The van der Waals surface area contributed by atoms with Gasteiger partial charge in [0.15, 0.2) is 0 Å². The molecular formula is C23H17IN2O3S. The Hall–Kier alpha value is -2.91. The van der Waals surface area contributed by atoms with Gasteiger partial charge in [0.25, 0.3) is 15.9 Å². The van der Waals surface area contributed by atoms with Crippen molar-refractivity contribution in [1.82, 2.24) is 0 Å². The number of carbonyl (C=O) groups excluding carboxylic acids is 1. The number of rotatable bonds is 5. The second-order valence-electron chi connectivity index (χ2n) is 6.59. The van der Waals surface area contributed by atoms with Crippen molar-refractivity contribution in [2.24, 2.45) is 0 Å². The monoisotopic (exact) mass is 528 g/mol. The molecule has 0 aromatic heterocycles. The Morgan fingerprint density at radius 2 is 1.43 bits per heavy atom. The average Bonchev–Trinajstić information content (AvgIpc) is 2.74. The van der Waals surface area contributed by atoms with Crippen LogP contribution >= 0.6 is 22.6 Å². The molecule has 7 heteroatoms. The largest absolute Gasteiger partial charge is 0.322 e. The Kier molecular flexibility index (Phi) is 5.74. The third-order valence-electron chi connectivity index (χ3n) is 4.57. The summed E-state index contributed by atoms with van der Waals surface area (Å²) in [6, 6.07) is 26.4. The lowest BCUT2D eigenvalue weighted by atomic mass is 10.1. The van der Waals surface area contributed by atoms with Gasteiger partial charge in [0.05, 0.1) is 16.1 Å². The van der Waals surface area contributed by atoms with Crippen LogP contribution in [-0.2, 0) is 10.0 Å².